The van der Waals surface area contributed by atoms with Crippen LogP contribution in [-0.2, 0) is 6.42 Å². The second-order valence-electron chi connectivity index (χ2n) is 4.37. The van der Waals surface area contributed by atoms with E-state index in [1.807, 2.05) is 6.92 Å². The van der Waals surface area contributed by atoms with Crippen LogP contribution in [0.1, 0.15) is 24.5 Å². The zero-order chi connectivity index (χ0) is 14.0. The van der Waals surface area contributed by atoms with Crippen molar-refractivity contribution in [2.24, 2.45) is 0 Å². The molecule has 1 aromatic heterocycles. The lowest BCUT2D eigenvalue weighted by Gasteiger charge is -2.11. The average Bonchev–Trinajstić information content (AvgIpc) is 2.39. The Morgan fingerprint density at radius 1 is 1.26 bits per heavy atom. The van der Waals surface area contributed by atoms with E-state index in [4.69, 9.17) is 12.2 Å². The van der Waals surface area contributed by atoms with Gasteiger partial charge >= 0.3 is 0 Å². The van der Waals surface area contributed by atoms with Crippen LogP contribution in [0.25, 0.3) is 11.3 Å². The molecule has 0 saturated carbocycles. The predicted molar refractivity (Wildman–Crippen MR) is 73.5 cm³/mol. The minimum absolute atomic E-state index is 0.194. The Labute approximate surface area is 115 Å². The molecule has 0 amide bonds. The van der Waals surface area contributed by atoms with E-state index in [0.717, 1.165) is 12.0 Å². The highest BCUT2D eigenvalue weighted by molar-refractivity contribution is 7.71. The average molecular weight is 280 g/mol. The van der Waals surface area contributed by atoms with Crippen LogP contribution in [0.15, 0.2) is 18.5 Å². The molecule has 0 saturated heterocycles. The van der Waals surface area contributed by atoms with Crippen LogP contribution in [0.5, 0.6) is 0 Å². The van der Waals surface area contributed by atoms with Crippen molar-refractivity contribution in [1.29, 1.82) is 0 Å². The third kappa shape index (κ3) is 2.56. The number of hydrogen-bond donors (Lipinski definition) is 1. The molecule has 0 spiro atoms. The molecule has 100 valence electrons. The van der Waals surface area contributed by atoms with Gasteiger partial charge in [-0.2, -0.15) is 0 Å². The molecule has 2 rings (SSSR count). The summed E-state index contributed by atoms with van der Waals surface area (Å²) in [6.45, 7) is 3.53. The topological polar surface area (TPSA) is 28.7 Å². The lowest BCUT2D eigenvalue weighted by atomic mass is 10.0. The van der Waals surface area contributed by atoms with Gasteiger partial charge in [0.05, 0.1) is 12.0 Å². The molecule has 5 heteroatoms. The molecule has 0 aliphatic rings. The summed E-state index contributed by atoms with van der Waals surface area (Å²) < 4.78 is 28.1. The summed E-state index contributed by atoms with van der Waals surface area (Å²) in [5, 5.41) is 0. The van der Waals surface area contributed by atoms with Crippen molar-refractivity contribution in [2.45, 2.75) is 26.7 Å². The second-order valence-corrected chi connectivity index (χ2v) is 4.76. The summed E-state index contributed by atoms with van der Waals surface area (Å²) in [4.78, 5) is 6.88. The van der Waals surface area contributed by atoms with Crippen molar-refractivity contribution in [2.75, 3.05) is 0 Å². The molecule has 1 N–H and O–H groups in total. The monoisotopic (exact) mass is 280 g/mol. The van der Waals surface area contributed by atoms with Crippen LogP contribution in [0, 0.1) is 23.2 Å². The summed E-state index contributed by atoms with van der Waals surface area (Å²) in [5.41, 5.74) is 1.74. The Bertz CT molecular complexity index is 665. The third-order valence-corrected chi connectivity index (χ3v) is 3.35. The maximum Gasteiger partial charge on any atom is 0.168 e. The number of rotatable bonds is 3. The van der Waals surface area contributed by atoms with Gasteiger partial charge in [0.2, 0.25) is 0 Å². The molecule has 2 aromatic rings. The molecule has 19 heavy (non-hydrogen) atoms. The maximum atomic E-state index is 14.1. The SMILES string of the molecule is CCCc1c(-c2ccc(C)c(F)c2F)[nH]cnc1=S. The molecule has 1 aromatic carbocycles. The van der Waals surface area contributed by atoms with Gasteiger partial charge in [0.15, 0.2) is 11.6 Å². The lowest BCUT2D eigenvalue weighted by molar-refractivity contribution is 0.505. The fraction of sp³-hybridized carbons (Fsp3) is 0.286. The molecule has 0 bridgehead atoms. The standard InChI is InChI=1S/C14H14F2N2S/c1-3-4-10-13(17-7-18-14(10)19)9-6-5-8(2)11(15)12(9)16/h5-7H,3-4H2,1-2H3,(H,17,18,19). The first-order chi connectivity index (χ1) is 9.06. The van der Waals surface area contributed by atoms with E-state index in [1.54, 1.807) is 12.1 Å². The van der Waals surface area contributed by atoms with Crippen LogP contribution >= 0.6 is 12.2 Å². The highest BCUT2D eigenvalue weighted by Crippen LogP contribution is 2.28. The molecule has 1 heterocycles. The van der Waals surface area contributed by atoms with Gasteiger partial charge < -0.3 is 4.98 Å². The van der Waals surface area contributed by atoms with Gasteiger partial charge in [-0.05, 0) is 25.0 Å². The zero-order valence-corrected chi connectivity index (χ0v) is 11.6. The quantitative estimate of drug-likeness (QED) is 0.847. The van der Waals surface area contributed by atoms with E-state index in [9.17, 15) is 8.78 Å². The van der Waals surface area contributed by atoms with Gasteiger partial charge in [0.25, 0.3) is 0 Å². The summed E-state index contributed by atoms with van der Waals surface area (Å²) in [5.74, 6) is -1.68. The molecule has 0 aliphatic carbocycles. The predicted octanol–water partition coefficient (Wildman–Crippen LogP) is 4.35. The van der Waals surface area contributed by atoms with E-state index < -0.39 is 11.6 Å². The van der Waals surface area contributed by atoms with E-state index in [-0.39, 0.29) is 11.1 Å². The smallest absolute Gasteiger partial charge is 0.168 e. The molecular formula is C14H14F2N2S. The Balaban J connectivity index is 2.69. The van der Waals surface area contributed by atoms with Crippen molar-refractivity contribution < 1.29 is 8.78 Å². The first-order valence-electron chi connectivity index (χ1n) is 6.07. The van der Waals surface area contributed by atoms with Crippen molar-refractivity contribution in [1.82, 2.24) is 9.97 Å². The van der Waals surface area contributed by atoms with Crippen LogP contribution in [0.4, 0.5) is 8.78 Å². The number of H-pyrrole nitrogens is 1. The van der Waals surface area contributed by atoms with E-state index in [1.165, 1.54) is 13.3 Å². The normalized spacial score (nSPS) is 10.7. The molecule has 0 fully saturated rings. The van der Waals surface area contributed by atoms with Crippen molar-refractivity contribution >= 4 is 12.2 Å². The Morgan fingerprint density at radius 2 is 2.00 bits per heavy atom. The fourth-order valence-electron chi connectivity index (χ4n) is 1.99. The van der Waals surface area contributed by atoms with Crippen molar-refractivity contribution in [3.8, 4) is 11.3 Å². The van der Waals surface area contributed by atoms with Gasteiger partial charge in [0.1, 0.15) is 4.64 Å². The molecule has 0 aliphatic heterocycles. The molecule has 0 radical (unpaired) electrons. The second kappa shape index (κ2) is 5.57. The van der Waals surface area contributed by atoms with Crippen molar-refractivity contribution in [3.05, 3.63) is 45.9 Å². The largest absolute Gasteiger partial charge is 0.345 e. The van der Waals surface area contributed by atoms with E-state index in [0.29, 0.717) is 16.8 Å². The summed E-state index contributed by atoms with van der Waals surface area (Å²) in [7, 11) is 0. The van der Waals surface area contributed by atoms with Gasteiger partial charge in [-0.15, -0.1) is 0 Å². The van der Waals surface area contributed by atoms with Crippen molar-refractivity contribution in [3.63, 3.8) is 0 Å². The Morgan fingerprint density at radius 3 is 2.68 bits per heavy atom. The number of aromatic amines is 1. The highest BCUT2D eigenvalue weighted by Gasteiger charge is 2.16. The minimum Gasteiger partial charge on any atom is -0.345 e. The van der Waals surface area contributed by atoms with Gasteiger partial charge in [0, 0.05) is 11.1 Å². The zero-order valence-electron chi connectivity index (χ0n) is 10.8. The Kier molecular flexibility index (Phi) is 4.04. The number of benzene rings is 1. The Hall–Kier alpha value is -1.62. The number of aryl methyl sites for hydroxylation is 1. The first kappa shape index (κ1) is 13.8. The van der Waals surface area contributed by atoms with E-state index in [2.05, 4.69) is 9.97 Å². The molecule has 0 unspecified atom stereocenters. The summed E-state index contributed by atoms with van der Waals surface area (Å²) in [6.07, 6.45) is 2.94. The number of hydrogen-bond acceptors (Lipinski definition) is 2. The summed E-state index contributed by atoms with van der Waals surface area (Å²) >= 11 is 5.16. The van der Waals surface area contributed by atoms with Gasteiger partial charge in [-0.25, -0.2) is 13.8 Å². The van der Waals surface area contributed by atoms with Crippen LogP contribution in [0.2, 0.25) is 0 Å². The van der Waals surface area contributed by atoms with Crippen LogP contribution < -0.4 is 0 Å². The van der Waals surface area contributed by atoms with Gasteiger partial charge in [-0.3, -0.25) is 0 Å². The number of halogens is 2. The summed E-state index contributed by atoms with van der Waals surface area (Å²) in [6, 6.07) is 3.12. The lowest BCUT2D eigenvalue weighted by Crippen LogP contribution is -2.00. The van der Waals surface area contributed by atoms with Crippen LogP contribution in [-0.4, -0.2) is 9.97 Å². The number of aromatic nitrogens is 2. The number of nitrogens with zero attached hydrogens (tertiary/aromatic N) is 1. The van der Waals surface area contributed by atoms with E-state index >= 15 is 0 Å². The van der Waals surface area contributed by atoms with Gasteiger partial charge in [-0.1, -0.05) is 31.6 Å². The molecule has 0 atom stereocenters. The number of nitrogens with one attached hydrogen (secondary N) is 1. The highest BCUT2D eigenvalue weighted by atomic mass is 32.1. The minimum atomic E-state index is -0.853. The molecule has 2 nitrogen and oxygen atoms in total. The van der Waals surface area contributed by atoms with Crippen LogP contribution in [0.3, 0.4) is 0 Å². The first-order valence-corrected chi connectivity index (χ1v) is 6.48. The fourth-order valence-corrected chi connectivity index (χ4v) is 2.25. The maximum absolute atomic E-state index is 14.1. The third-order valence-electron chi connectivity index (χ3n) is 3.00. The molecular weight excluding hydrogens is 266 g/mol.